The fourth-order valence-electron chi connectivity index (χ4n) is 5.31. The van der Waals surface area contributed by atoms with E-state index >= 15 is 0 Å². The molecule has 0 spiro atoms. The van der Waals surface area contributed by atoms with Crippen LogP contribution in [0.3, 0.4) is 0 Å². The van der Waals surface area contributed by atoms with Gasteiger partial charge in [-0.15, -0.1) is 24.8 Å². The molecule has 12 nitrogen and oxygen atoms in total. The SMILES string of the molecule is C=C1[C@@H](C[C@](N)(C(=O)O)c2ccccc2)[C@@H](OC(=O)[C@H](N)c2ccccc2)C[C@@H]1n1cnc2c(=O)[nH]c(N)nc21.Cl.Cl. The average molecular weight is 617 g/mol. The number of ether oxygens (including phenoxy) is 1. The lowest BCUT2D eigenvalue weighted by Crippen LogP contribution is -2.47. The Morgan fingerprint density at radius 1 is 1.14 bits per heavy atom. The third-order valence-corrected chi connectivity index (χ3v) is 7.49. The zero-order valence-electron chi connectivity index (χ0n) is 22.3. The standard InChI is InChI=1S/C28H29N7O5.2ClH/c1-15-18(13-28(31,26(38)39)17-10-6-3-7-11-17)20(40-25(37)21(29)16-8-4-2-5-9-16)12-19(15)35-14-32-22-23(35)33-27(30)34-24(22)36;;/h2-11,14,18-21H,1,12-13,29,31H2,(H,38,39)(H3,30,33,34,36);2*1H/t18-,19+,20+,21-,28-;;/m1../s1. The molecular formula is C28H31Cl2N7O5. The summed E-state index contributed by atoms with van der Waals surface area (Å²) in [6, 6.07) is 15.6. The Morgan fingerprint density at radius 3 is 2.38 bits per heavy atom. The van der Waals surface area contributed by atoms with Gasteiger partial charge in [-0.05, 0) is 23.1 Å². The first kappa shape index (κ1) is 32.3. The predicted octanol–water partition coefficient (Wildman–Crippen LogP) is 2.60. The number of imidazole rings is 1. The van der Waals surface area contributed by atoms with Gasteiger partial charge in [0.2, 0.25) is 5.95 Å². The van der Waals surface area contributed by atoms with Crippen LogP contribution in [-0.4, -0.2) is 42.7 Å². The van der Waals surface area contributed by atoms with Crippen molar-refractivity contribution in [2.75, 3.05) is 5.73 Å². The van der Waals surface area contributed by atoms with Crippen LogP contribution in [0.5, 0.6) is 0 Å². The van der Waals surface area contributed by atoms with Crippen LogP contribution in [-0.2, 0) is 19.9 Å². The second kappa shape index (κ2) is 12.7. The molecular weight excluding hydrogens is 585 g/mol. The van der Waals surface area contributed by atoms with E-state index in [2.05, 4.69) is 21.5 Å². The molecule has 42 heavy (non-hydrogen) atoms. The van der Waals surface area contributed by atoms with Gasteiger partial charge in [0.05, 0.1) is 12.4 Å². The number of aromatic amines is 1. The highest BCUT2D eigenvalue weighted by molar-refractivity contribution is 5.85. The molecule has 0 bridgehead atoms. The minimum absolute atomic E-state index is 0. The highest BCUT2D eigenvalue weighted by atomic mass is 35.5. The van der Waals surface area contributed by atoms with Crippen molar-refractivity contribution in [2.45, 2.75) is 36.6 Å². The minimum Gasteiger partial charge on any atom is -0.480 e. The average Bonchev–Trinajstić information content (AvgIpc) is 3.49. The number of aromatic nitrogens is 4. The van der Waals surface area contributed by atoms with Gasteiger partial charge in [-0.3, -0.25) is 9.78 Å². The van der Waals surface area contributed by atoms with Gasteiger partial charge in [-0.2, -0.15) is 4.98 Å². The summed E-state index contributed by atoms with van der Waals surface area (Å²) >= 11 is 0. The summed E-state index contributed by atoms with van der Waals surface area (Å²) in [5.41, 5.74) is 18.0. The first-order chi connectivity index (χ1) is 19.1. The van der Waals surface area contributed by atoms with Gasteiger partial charge in [-0.1, -0.05) is 67.2 Å². The van der Waals surface area contributed by atoms with E-state index in [1.807, 2.05) is 0 Å². The number of esters is 1. The van der Waals surface area contributed by atoms with E-state index in [1.165, 1.54) is 6.33 Å². The molecule has 4 aromatic rings. The number of H-pyrrole nitrogens is 1. The van der Waals surface area contributed by atoms with Crippen LogP contribution in [0, 0.1) is 5.92 Å². The van der Waals surface area contributed by atoms with E-state index in [0.29, 0.717) is 16.7 Å². The molecule has 0 saturated heterocycles. The number of carbonyl (C=O) groups excluding carboxylic acids is 1. The number of nitrogens with one attached hydrogen (secondary N) is 1. The van der Waals surface area contributed by atoms with Gasteiger partial charge >= 0.3 is 11.9 Å². The molecule has 2 aromatic heterocycles. The first-order valence-electron chi connectivity index (χ1n) is 12.6. The third kappa shape index (κ3) is 5.88. The lowest BCUT2D eigenvalue weighted by molar-refractivity contribution is -0.153. The molecule has 5 rings (SSSR count). The molecule has 14 heteroatoms. The summed E-state index contributed by atoms with van der Waals surface area (Å²) in [5.74, 6) is -2.70. The van der Waals surface area contributed by atoms with Crippen molar-refractivity contribution in [3.8, 4) is 0 Å². The largest absolute Gasteiger partial charge is 0.480 e. The normalized spacial score (nSPS) is 20.1. The molecule has 5 atom stereocenters. The Balaban J connectivity index is 0.00000242. The second-order valence-electron chi connectivity index (χ2n) is 9.92. The lowest BCUT2D eigenvalue weighted by Gasteiger charge is -2.31. The first-order valence-corrected chi connectivity index (χ1v) is 12.6. The van der Waals surface area contributed by atoms with Gasteiger partial charge in [0.1, 0.15) is 17.7 Å². The summed E-state index contributed by atoms with van der Waals surface area (Å²) in [4.78, 5) is 48.9. The zero-order chi connectivity index (χ0) is 28.6. The number of carboxylic acid groups (broad SMARTS) is 1. The topological polar surface area (TPSA) is 205 Å². The Morgan fingerprint density at radius 2 is 1.76 bits per heavy atom. The molecule has 1 saturated carbocycles. The molecule has 0 unspecified atom stereocenters. The van der Waals surface area contributed by atoms with Crippen LogP contribution in [0.2, 0.25) is 0 Å². The molecule has 0 radical (unpaired) electrons. The van der Waals surface area contributed by atoms with Crippen molar-refractivity contribution >= 4 is 53.9 Å². The fraction of sp³-hybridized carbons (Fsp3) is 0.250. The number of nitrogen functional groups attached to an aromatic ring is 1. The van der Waals surface area contributed by atoms with E-state index in [1.54, 1.807) is 65.2 Å². The van der Waals surface area contributed by atoms with E-state index in [0.717, 1.165) is 0 Å². The van der Waals surface area contributed by atoms with Crippen molar-refractivity contribution in [3.05, 3.63) is 101 Å². The van der Waals surface area contributed by atoms with Crippen molar-refractivity contribution in [3.63, 3.8) is 0 Å². The summed E-state index contributed by atoms with van der Waals surface area (Å²) in [6.07, 6.45) is 0.676. The quantitative estimate of drug-likeness (QED) is 0.145. The molecule has 1 fully saturated rings. The molecule has 8 N–H and O–H groups in total. The summed E-state index contributed by atoms with van der Waals surface area (Å²) in [6.45, 7) is 4.26. The van der Waals surface area contributed by atoms with Crippen LogP contribution in [0.25, 0.3) is 11.2 Å². The molecule has 0 aliphatic heterocycles. The van der Waals surface area contributed by atoms with Crippen molar-refractivity contribution in [2.24, 2.45) is 17.4 Å². The fourth-order valence-corrected chi connectivity index (χ4v) is 5.31. The van der Waals surface area contributed by atoms with Crippen molar-refractivity contribution in [1.82, 2.24) is 19.5 Å². The zero-order valence-corrected chi connectivity index (χ0v) is 23.9. The number of nitrogens with two attached hydrogens (primary N) is 3. The van der Waals surface area contributed by atoms with Gasteiger partial charge in [-0.25, -0.2) is 14.6 Å². The number of fused-ring (bicyclic) bond motifs is 1. The number of benzene rings is 2. The molecule has 1 aliphatic rings. The van der Waals surface area contributed by atoms with E-state index in [-0.39, 0.29) is 54.8 Å². The highest BCUT2D eigenvalue weighted by Crippen LogP contribution is 2.46. The second-order valence-corrected chi connectivity index (χ2v) is 9.92. The van der Waals surface area contributed by atoms with Gasteiger partial charge in [0.15, 0.2) is 11.2 Å². The number of hydrogen-bond donors (Lipinski definition) is 5. The molecule has 2 aromatic carbocycles. The maximum atomic E-state index is 13.2. The monoisotopic (exact) mass is 615 g/mol. The molecule has 2 heterocycles. The lowest BCUT2D eigenvalue weighted by atomic mass is 9.79. The highest BCUT2D eigenvalue weighted by Gasteiger charge is 2.48. The van der Waals surface area contributed by atoms with Crippen LogP contribution in [0.1, 0.15) is 36.1 Å². The Hall–Kier alpha value is -4.23. The number of nitrogens with zero attached hydrogens (tertiary/aromatic N) is 3. The molecule has 0 amide bonds. The number of hydrogen-bond acceptors (Lipinski definition) is 9. The number of carbonyl (C=O) groups is 2. The maximum absolute atomic E-state index is 13.2. The van der Waals surface area contributed by atoms with Crippen LogP contribution in [0.4, 0.5) is 5.95 Å². The van der Waals surface area contributed by atoms with Gasteiger partial charge in [0.25, 0.3) is 5.56 Å². The minimum atomic E-state index is -1.81. The molecule has 222 valence electrons. The maximum Gasteiger partial charge on any atom is 0.328 e. The van der Waals surface area contributed by atoms with Gasteiger partial charge < -0.3 is 31.6 Å². The number of halogens is 2. The Kier molecular flexibility index (Phi) is 9.79. The number of carboxylic acids is 1. The number of anilines is 1. The Bertz CT molecular complexity index is 1650. The number of aliphatic carboxylic acids is 1. The summed E-state index contributed by atoms with van der Waals surface area (Å²) < 4.78 is 7.57. The van der Waals surface area contributed by atoms with Crippen LogP contribution >= 0.6 is 24.8 Å². The van der Waals surface area contributed by atoms with E-state index in [4.69, 9.17) is 21.9 Å². The smallest absolute Gasteiger partial charge is 0.328 e. The third-order valence-electron chi connectivity index (χ3n) is 7.49. The summed E-state index contributed by atoms with van der Waals surface area (Å²) in [7, 11) is 0. The number of rotatable bonds is 8. The van der Waals surface area contributed by atoms with Crippen LogP contribution < -0.4 is 22.8 Å². The van der Waals surface area contributed by atoms with Crippen molar-refractivity contribution < 1.29 is 19.4 Å². The van der Waals surface area contributed by atoms with Gasteiger partial charge in [0, 0.05) is 12.3 Å². The molecule has 1 aliphatic carbocycles. The van der Waals surface area contributed by atoms with Crippen LogP contribution in [0.15, 0.2) is 83.9 Å². The summed E-state index contributed by atoms with van der Waals surface area (Å²) in [5, 5.41) is 10.2. The van der Waals surface area contributed by atoms with E-state index < -0.39 is 47.1 Å². The van der Waals surface area contributed by atoms with E-state index in [9.17, 15) is 19.5 Å². The Labute approximate surface area is 252 Å². The predicted molar refractivity (Wildman–Crippen MR) is 161 cm³/mol. The van der Waals surface area contributed by atoms with Crippen molar-refractivity contribution in [1.29, 1.82) is 0 Å².